The number of nitrogens with zero attached hydrogens (tertiary/aromatic N) is 3. The van der Waals surface area contributed by atoms with Gasteiger partial charge >= 0.3 is 0 Å². The fourth-order valence-electron chi connectivity index (χ4n) is 4.55. The van der Waals surface area contributed by atoms with Crippen molar-refractivity contribution in [3.63, 3.8) is 0 Å². The minimum atomic E-state index is -0.233. The molecule has 0 radical (unpaired) electrons. The Balaban J connectivity index is 1.47. The number of imidazole rings is 1. The Kier molecular flexibility index (Phi) is 5.52. The molecule has 142 valence electrons. The Bertz CT molecular complexity index is 733. The smallest absolute Gasteiger partial charge is 0.136 e. The van der Waals surface area contributed by atoms with Crippen LogP contribution in [0.5, 0.6) is 0 Å². The first-order valence-corrected chi connectivity index (χ1v) is 9.83. The molecule has 2 aliphatic heterocycles. The molecule has 1 aromatic heterocycles. The number of hydrogen-bond donors (Lipinski definition) is 1. The second kappa shape index (κ2) is 8.03. The van der Waals surface area contributed by atoms with Crippen molar-refractivity contribution in [1.82, 2.24) is 19.8 Å². The van der Waals surface area contributed by atoms with Crippen molar-refractivity contribution in [2.24, 2.45) is 5.92 Å². The summed E-state index contributed by atoms with van der Waals surface area (Å²) in [5.74, 6) is 1.52. The molecule has 26 heavy (non-hydrogen) atoms. The van der Waals surface area contributed by atoms with E-state index < -0.39 is 0 Å². The maximum atomic E-state index is 13.6. The van der Waals surface area contributed by atoms with E-state index in [0.29, 0.717) is 12.6 Å². The largest absolute Gasteiger partial charge is 0.377 e. The van der Waals surface area contributed by atoms with Gasteiger partial charge in [0.2, 0.25) is 0 Å². The van der Waals surface area contributed by atoms with E-state index in [9.17, 15) is 4.39 Å². The first-order valence-electron chi connectivity index (χ1n) is 9.83. The molecule has 0 spiro atoms. The van der Waals surface area contributed by atoms with Gasteiger partial charge in [-0.2, -0.15) is 0 Å². The van der Waals surface area contributed by atoms with E-state index >= 15 is 0 Å². The summed E-state index contributed by atoms with van der Waals surface area (Å²) in [6.45, 7) is 6.28. The molecule has 0 bridgehead atoms. The van der Waals surface area contributed by atoms with Crippen molar-refractivity contribution in [3.8, 4) is 0 Å². The van der Waals surface area contributed by atoms with Gasteiger partial charge in [0, 0.05) is 38.9 Å². The Hall–Kier alpha value is -1.50. The molecular weight excluding hydrogens is 331 g/mol. The summed E-state index contributed by atoms with van der Waals surface area (Å²) in [6, 6.07) is 5.33. The number of likely N-dealkylation sites (tertiary alicyclic amines) is 1. The molecular formula is C20H29FN4O. The third kappa shape index (κ3) is 3.77. The molecule has 0 atom stereocenters. The number of methoxy groups -OCH3 is 1. The SMILES string of the molecule is COCc1nc2cc(F)ccc2n1C1CCN(CC2CCNCC2)CC1. The number of piperidine rings is 2. The first-order chi connectivity index (χ1) is 12.7. The van der Waals surface area contributed by atoms with Crippen molar-refractivity contribution < 1.29 is 9.13 Å². The van der Waals surface area contributed by atoms with Gasteiger partial charge in [0.25, 0.3) is 0 Å². The zero-order valence-electron chi connectivity index (χ0n) is 15.6. The topological polar surface area (TPSA) is 42.3 Å². The lowest BCUT2D eigenvalue weighted by Gasteiger charge is -2.36. The van der Waals surface area contributed by atoms with E-state index in [-0.39, 0.29) is 5.82 Å². The molecule has 3 heterocycles. The molecule has 2 aromatic rings. The molecule has 1 aromatic carbocycles. The molecule has 2 saturated heterocycles. The van der Waals surface area contributed by atoms with Crippen LogP contribution in [-0.2, 0) is 11.3 Å². The van der Waals surface area contributed by atoms with Crippen molar-refractivity contribution in [2.45, 2.75) is 38.3 Å². The number of nitrogens with one attached hydrogen (secondary N) is 1. The zero-order chi connectivity index (χ0) is 17.9. The lowest BCUT2D eigenvalue weighted by atomic mass is 9.95. The highest BCUT2D eigenvalue weighted by molar-refractivity contribution is 5.76. The summed E-state index contributed by atoms with van der Waals surface area (Å²) in [5.41, 5.74) is 1.75. The molecule has 2 aliphatic rings. The summed E-state index contributed by atoms with van der Waals surface area (Å²) < 4.78 is 21.2. The van der Waals surface area contributed by atoms with E-state index in [1.54, 1.807) is 7.11 Å². The van der Waals surface area contributed by atoms with Crippen molar-refractivity contribution in [2.75, 3.05) is 39.8 Å². The van der Waals surface area contributed by atoms with Gasteiger partial charge in [0.1, 0.15) is 18.2 Å². The van der Waals surface area contributed by atoms with E-state index in [2.05, 4.69) is 19.8 Å². The van der Waals surface area contributed by atoms with E-state index in [1.807, 2.05) is 6.07 Å². The number of fused-ring (bicyclic) bond motifs is 1. The maximum Gasteiger partial charge on any atom is 0.136 e. The van der Waals surface area contributed by atoms with Crippen molar-refractivity contribution >= 4 is 11.0 Å². The number of rotatable bonds is 5. The molecule has 2 fully saturated rings. The van der Waals surface area contributed by atoms with Gasteiger partial charge in [-0.3, -0.25) is 0 Å². The fourth-order valence-corrected chi connectivity index (χ4v) is 4.55. The lowest BCUT2D eigenvalue weighted by molar-refractivity contribution is 0.141. The summed E-state index contributed by atoms with van der Waals surface area (Å²) in [6.07, 6.45) is 4.83. The van der Waals surface area contributed by atoms with Crippen LogP contribution in [-0.4, -0.2) is 54.3 Å². The molecule has 4 rings (SSSR count). The van der Waals surface area contributed by atoms with Gasteiger partial charge < -0.3 is 19.5 Å². The average molecular weight is 360 g/mol. The van der Waals surface area contributed by atoms with Crippen LogP contribution in [0.1, 0.15) is 37.5 Å². The van der Waals surface area contributed by atoms with Gasteiger partial charge in [0.05, 0.1) is 11.0 Å². The molecule has 6 heteroatoms. The van der Waals surface area contributed by atoms with Crippen molar-refractivity contribution in [3.05, 3.63) is 29.8 Å². The highest BCUT2D eigenvalue weighted by Crippen LogP contribution is 2.30. The number of ether oxygens (including phenoxy) is 1. The minimum Gasteiger partial charge on any atom is -0.377 e. The van der Waals surface area contributed by atoms with Crippen LogP contribution in [0, 0.1) is 11.7 Å². The highest BCUT2D eigenvalue weighted by atomic mass is 19.1. The van der Waals surface area contributed by atoms with E-state index in [1.165, 1.54) is 44.6 Å². The molecule has 0 amide bonds. The fraction of sp³-hybridized carbons (Fsp3) is 0.650. The molecule has 0 unspecified atom stereocenters. The first kappa shape index (κ1) is 17.9. The molecule has 0 aliphatic carbocycles. The van der Waals surface area contributed by atoms with Gasteiger partial charge in [-0.15, -0.1) is 0 Å². The quantitative estimate of drug-likeness (QED) is 0.890. The second-order valence-corrected chi connectivity index (χ2v) is 7.69. The second-order valence-electron chi connectivity index (χ2n) is 7.69. The van der Waals surface area contributed by atoms with Crippen LogP contribution in [0.25, 0.3) is 11.0 Å². The van der Waals surface area contributed by atoms with Gasteiger partial charge in [0.15, 0.2) is 0 Å². The molecule has 0 saturated carbocycles. The zero-order valence-corrected chi connectivity index (χ0v) is 15.6. The van der Waals surface area contributed by atoms with Gasteiger partial charge in [-0.25, -0.2) is 9.37 Å². The minimum absolute atomic E-state index is 0.233. The van der Waals surface area contributed by atoms with Crippen LogP contribution in [0.3, 0.4) is 0 Å². The standard InChI is InChI=1S/C20H29FN4O/c1-26-14-20-23-18-12-16(21)2-3-19(18)25(20)17-6-10-24(11-7-17)13-15-4-8-22-9-5-15/h2-3,12,15,17,22H,4-11,13-14H2,1H3. The van der Waals surface area contributed by atoms with Crippen LogP contribution < -0.4 is 5.32 Å². The van der Waals surface area contributed by atoms with E-state index in [0.717, 1.165) is 48.7 Å². The predicted molar refractivity (Wildman–Crippen MR) is 101 cm³/mol. The van der Waals surface area contributed by atoms with Gasteiger partial charge in [-0.05, 0) is 56.8 Å². The predicted octanol–water partition coefficient (Wildman–Crippen LogP) is 2.96. The lowest BCUT2D eigenvalue weighted by Crippen LogP contribution is -2.40. The number of aromatic nitrogens is 2. The van der Waals surface area contributed by atoms with Gasteiger partial charge in [-0.1, -0.05) is 0 Å². The van der Waals surface area contributed by atoms with Crippen molar-refractivity contribution in [1.29, 1.82) is 0 Å². The summed E-state index contributed by atoms with van der Waals surface area (Å²) in [7, 11) is 1.69. The third-order valence-corrected chi connectivity index (χ3v) is 5.90. The number of benzene rings is 1. The Morgan fingerprint density at radius 3 is 2.69 bits per heavy atom. The summed E-state index contributed by atoms with van der Waals surface area (Å²) in [5, 5.41) is 3.45. The number of hydrogen-bond acceptors (Lipinski definition) is 4. The van der Waals surface area contributed by atoms with Crippen LogP contribution in [0.4, 0.5) is 4.39 Å². The Morgan fingerprint density at radius 2 is 1.96 bits per heavy atom. The van der Waals surface area contributed by atoms with Crippen LogP contribution in [0.15, 0.2) is 18.2 Å². The monoisotopic (exact) mass is 360 g/mol. The third-order valence-electron chi connectivity index (χ3n) is 5.90. The summed E-state index contributed by atoms with van der Waals surface area (Å²) >= 11 is 0. The summed E-state index contributed by atoms with van der Waals surface area (Å²) in [4.78, 5) is 7.25. The molecule has 1 N–H and O–H groups in total. The Morgan fingerprint density at radius 1 is 1.19 bits per heavy atom. The average Bonchev–Trinajstić information content (AvgIpc) is 3.00. The number of halogens is 1. The Labute approximate surface area is 154 Å². The highest BCUT2D eigenvalue weighted by Gasteiger charge is 2.26. The maximum absolute atomic E-state index is 13.6. The van der Waals surface area contributed by atoms with E-state index in [4.69, 9.17) is 4.74 Å². The molecule has 5 nitrogen and oxygen atoms in total. The normalized spacial score (nSPS) is 20.8. The van der Waals surface area contributed by atoms with Crippen LogP contribution in [0.2, 0.25) is 0 Å². The van der Waals surface area contributed by atoms with Crippen LogP contribution >= 0.6 is 0 Å².